The molecule has 1 aliphatic carbocycles. The molecule has 332 valence electrons. The number of hydrogen-bond acceptors (Lipinski definition) is 9. The normalized spacial score (nSPS) is 21.8. The number of aromatic nitrogens is 4. The summed E-state index contributed by atoms with van der Waals surface area (Å²) in [5.74, 6) is -4.83. The summed E-state index contributed by atoms with van der Waals surface area (Å²) in [4.78, 5) is 56.7. The molecular formula is C44H46F5N9O5. The number of amides is 4. The average molecular weight is 876 g/mol. The number of carbonyl (C=O) groups is 4. The third-order valence-corrected chi connectivity index (χ3v) is 13.1. The first kappa shape index (κ1) is 42.4. The van der Waals surface area contributed by atoms with E-state index in [2.05, 4.69) is 20.6 Å². The van der Waals surface area contributed by atoms with E-state index in [1.54, 1.807) is 30.9 Å². The minimum Gasteiger partial charge on any atom is -0.386 e. The molecule has 4 fully saturated rings. The van der Waals surface area contributed by atoms with Crippen LogP contribution in [0.2, 0.25) is 0 Å². The first-order chi connectivity index (χ1) is 29.9. The highest BCUT2D eigenvalue weighted by Gasteiger charge is 2.40. The minimum atomic E-state index is -4.58. The Bertz CT molecular complexity index is 2610. The van der Waals surface area contributed by atoms with Crippen molar-refractivity contribution in [2.24, 2.45) is 5.92 Å². The van der Waals surface area contributed by atoms with Gasteiger partial charge in [-0.15, -0.1) is 0 Å². The fourth-order valence-electron chi connectivity index (χ4n) is 9.55. The lowest BCUT2D eigenvalue weighted by Gasteiger charge is -2.45. The molecule has 3 N–H and O–H groups in total. The minimum absolute atomic E-state index is 0.00878. The molecule has 3 aliphatic heterocycles. The van der Waals surface area contributed by atoms with E-state index in [0.29, 0.717) is 60.9 Å². The van der Waals surface area contributed by atoms with Gasteiger partial charge in [0.2, 0.25) is 17.7 Å². The number of aliphatic hydroxyl groups is 1. The van der Waals surface area contributed by atoms with Crippen molar-refractivity contribution in [2.75, 3.05) is 49.5 Å². The van der Waals surface area contributed by atoms with Gasteiger partial charge in [-0.2, -0.15) is 23.4 Å². The summed E-state index contributed by atoms with van der Waals surface area (Å²) >= 11 is 0. The van der Waals surface area contributed by atoms with Crippen molar-refractivity contribution < 1.29 is 46.2 Å². The fourth-order valence-corrected chi connectivity index (χ4v) is 9.55. The van der Waals surface area contributed by atoms with Crippen molar-refractivity contribution in [1.82, 2.24) is 34.5 Å². The van der Waals surface area contributed by atoms with Gasteiger partial charge in [0.05, 0.1) is 46.3 Å². The standard InChI is InChI=1S/C44H46F5N9O5/c1-43(2,63)32-19-35-24(15-36(32)51-41(61)37-9-7-29-16-26(44(47,48)49)20-50-58(29)37)23-57(53-35)28-5-3-27(4-6-28)54-11-13-55(14-12-54)42(62)25-21-56(22-25)30-17-33(45)39(34(46)18-30)31-8-10-38(59)52-40(31)60/h7,9,15-20,23,25,27-28,31,63H,3-6,8,10-14,21-22H2,1-2H3,(H,51,61)(H,52,59,60)/t27?,28?,31-/m1/s1. The number of anilines is 2. The molecule has 3 aromatic heterocycles. The van der Waals surface area contributed by atoms with Crippen LogP contribution < -0.4 is 15.5 Å². The largest absolute Gasteiger partial charge is 0.418 e. The zero-order valence-electron chi connectivity index (χ0n) is 34.6. The molecule has 0 radical (unpaired) electrons. The van der Waals surface area contributed by atoms with Crippen LogP contribution in [0, 0.1) is 17.6 Å². The van der Waals surface area contributed by atoms with Crippen LogP contribution >= 0.6 is 0 Å². The van der Waals surface area contributed by atoms with Crippen LogP contribution in [0.4, 0.5) is 33.3 Å². The Labute approximate surface area is 358 Å². The number of fused-ring (bicyclic) bond motifs is 2. The summed E-state index contributed by atoms with van der Waals surface area (Å²) < 4.78 is 73.0. The van der Waals surface area contributed by atoms with E-state index in [1.165, 1.54) is 24.3 Å². The SMILES string of the molecule is CC(C)(O)c1cc2nn(C3CCC(N4CCN(C(=O)C5CN(c6cc(F)c([C@H]7CCC(=O)NC7=O)c(F)c6)C5)CC4)CC3)cc2cc1NC(=O)c1ccc2cc(C(F)(F)F)cnn12. The Hall–Kier alpha value is -5.95. The number of nitrogens with zero attached hydrogens (tertiary/aromatic N) is 7. The lowest BCUT2D eigenvalue weighted by Crippen LogP contribution is -2.59. The quantitative estimate of drug-likeness (QED) is 0.131. The summed E-state index contributed by atoms with van der Waals surface area (Å²) in [5.41, 5.74) is -0.815. The number of piperidine rings is 1. The van der Waals surface area contributed by atoms with E-state index >= 15 is 8.78 Å². The summed E-state index contributed by atoms with van der Waals surface area (Å²) in [7, 11) is 0. The monoisotopic (exact) mass is 875 g/mol. The molecule has 1 saturated carbocycles. The number of alkyl halides is 3. The third-order valence-electron chi connectivity index (χ3n) is 13.1. The van der Waals surface area contributed by atoms with Crippen LogP contribution in [0.3, 0.4) is 0 Å². The maximum Gasteiger partial charge on any atom is 0.418 e. The third kappa shape index (κ3) is 8.23. The van der Waals surface area contributed by atoms with E-state index < -0.39 is 52.6 Å². The highest BCUT2D eigenvalue weighted by molar-refractivity contribution is 6.05. The zero-order valence-corrected chi connectivity index (χ0v) is 34.6. The van der Waals surface area contributed by atoms with Crippen molar-refractivity contribution in [1.29, 1.82) is 0 Å². The van der Waals surface area contributed by atoms with Crippen LogP contribution in [0.1, 0.15) is 91.5 Å². The smallest absolute Gasteiger partial charge is 0.386 e. The Balaban J connectivity index is 0.780. The van der Waals surface area contributed by atoms with Crippen molar-refractivity contribution >= 4 is 51.4 Å². The van der Waals surface area contributed by atoms with Crippen LogP contribution in [0.5, 0.6) is 0 Å². The molecule has 5 aromatic rings. The topological polar surface area (TPSA) is 157 Å². The van der Waals surface area contributed by atoms with E-state index in [-0.39, 0.29) is 47.5 Å². The first-order valence-electron chi connectivity index (χ1n) is 21.1. The van der Waals surface area contributed by atoms with E-state index in [9.17, 15) is 37.5 Å². The number of nitrogens with one attached hydrogen (secondary N) is 2. The van der Waals surface area contributed by atoms with Gasteiger partial charge < -0.3 is 20.2 Å². The molecule has 4 aliphatic rings. The maximum atomic E-state index is 15.1. The molecule has 9 rings (SSSR count). The van der Waals surface area contributed by atoms with Gasteiger partial charge in [-0.3, -0.25) is 34.1 Å². The highest BCUT2D eigenvalue weighted by Crippen LogP contribution is 2.38. The van der Waals surface area contributed by atoms with Gasteiger partial charge in [-0.05, 0) is 88.4 Å². The summed E-state index contributed by atoms with van der Waals surface area (Å²) in [6.45, 7) is 6.49. The lowest BCUT2D eigenvalue weighted by atomic mass is 9.89. The number of benzene rings is 2. The lowest BCUT2D eigenvalue weighted by molar-refractivity contribution is -0.139. The predicted octanol–water partition coefficient (Wildman–Crippen LogP) is 5.75. The molecular weight excluding hydrogens is 830 g/mol. The molecule has 2 aromatic carbocycles. The van der Waals surface area contributed by atoms with Crippen LogP contribution in [0.25, 0.3) is 16.4 Å². The second-order valence-corrected chi connectivity index (χ2v) is 17.6. The van der Waals surface area contributed by atoms with Gasteiger partial charge in [0.25, 0.3) is 5.91 Å². The van der Waals surface area contributed by atoms with Crippen molar-refractivity contribution in [3.05, 3.63) is 88.9 Å². The Kier molecular flexibility index (Phi) is 10.8. The molecule has 4 amide bonds. The molecule has 0 bridgehead atoms. The first-order valence-corrected chi connectivity index (χ1v) is 21.1. The van der Waals surface area contributed by atoms with Crippen molar-refractivity contribution in [2.45, 2.75) is 82.2 Å². The highest BCUT2D eigenvalue weighted by atomic mass is 19.4. The fraction of sp³-hybridized carbons (Fsp3) is 0.455. The second kappa shape index (κ2) is 16.0. The van der Waals surface area contributed by atoms with Gasteiger partial charge in [0.1, 0.15) is 17.3 Å². The van der Waals surface area contributed by atoms with Crippen LogP contribution in [-0.2, 0) is 26.2 Å². The van der Waals surface area contributed by atoms with E-state index in [1.807, 2.05) is 15.8 Å². The Morgan fingerprint density at radius 2 is 1.57 bits per heavy atom. The molecule has 63 heavy (non-hydrogen) atoms. The number of imide groups is 1. The zero-order chi connectivity index (χ0) is 44.5. The number of rotatable bonds is 8. The van der Waals surface area contributed by atoms with Gasteiger partial charge in [-0.1, -0.05) is 0 Å². The number of halogens is 5. The van der Waals surface area contributed by atoms with Crippen molar-refractivity contribution in [3.8, 4) is 0 Å². The Morgan fingerprint density at radius 3 is 2.22 bits per heavy atom. The Morgan fingerprint density at radius 1 is 0.889 bits per heavy atom. The molecule has 1 atom stereocenters. The average Bonchev–Trinajstić information content (AvgIpc) is 3.84. The van der Waals surface area contributed by atoms with Gasteiger partial charge >= 0.3 is 6.18 Å². The van der Waals surface area contributed by atoms with E-state index in [4.69, 9.17) is 5.10 Å². The van der Waals surface area contributed by atoms with Crippen LogP contribution in [-0.4, -0.2) is 103 Å². The number of piperazine rings is 1. The summed E-state index contributed by atoms with van der Waals surface area (Å²) in [6, 6.07) is 10.0. The molecule has 0 unspecified atom stereocenters. The van der Waals surface area contributed by atoms with Crippen LogP contribution in [0.15, 0.2) is 54.9 Å². The maximum absolute atomic E-state index is 15.1. The second-order valence-electron chi connectivity index (χ2n) is 17.6. The molecule has 0 spiro atoms. The number of hydrogen-bond donors (Lipinski definition) is 3. The van der Waals surface area contributed by atoms with Gasteiger partial charge in [0, 0.05) is 85.8 Å². The summed E-state index contributed by atoms with van der Waals surface area (Å²) in [5, 5.41) is 25.5. The van der Waals surface area contributed by atoms with E-state index in [0.717, 1.165) is 54.7 Å². The van der Waals surface area contributed by atoms with Gasteiger partial charge in [0.15, 0.2) is 0 Å². The predicted molar refractivity (Wildman–Crippen MR) is 220 cm³/mol. The molecule has 6 heterocycles. The molecule has 14 nitrogen and oxygen atoms in total. The van der Waals surface area contributed by atoms with Gasteiger partial charge in [-0.25, -0.2) is 13.3 Å². The summed E-state index contributed by atoms with van der Waals surface area (Å²) in [6.07, 6.45) is 1.67. The number of carbonyl (C=O) groups excluding carboxylic acids is 4. The van der Waals surface area contributed by atoms with Crippen molar-refractivity contribution in [3.63, 3.8) is 0 Å². The molecule has 3 saturated heterocycles. The molecule has 19 heteroatoms.